The van der Waals surface area contributed by atoms with Crippen molar-refractivity contribution in [3.63, 3.8) is 0 Å². The molecule has 126 valence electrons. The van der Waals surface area contributed by atoms with Crippen LogP contribution in [0.25, 0.3) is 23.0 Å². The van der Waals surface area contributed by atoms with Crippen LogP contribution in [-0.4, -0.2) is 56.5 Å². The fourth-order valence-corrected chi connectivity index (χ4v) is 2.81. The van der Waals surface area contributed by atoms with Crippen LogP contribution in [0.2, 0.25) is 0 Å². The second kappa shape index (κ2) is 5.84. The molecule has 0 aromatic carbocycles. The molecular weight excluding hydrogens is 310 g/mol. The Kier molecular flexibility index (Phi) is 3.66. The predicted molar refractivity (Wildman–Crippen MR) is 85.0 cm³/mol. The van der Waals surface area contributed by atoms with Crippen molar-refractivity contribution in [2.45, 2.75) is 13.0 Å². The molecule has 0 bridgehead atoms. The highest BCUT2D eigenvalue weighted by molar-refractivity contribution is 5.58. The third kappa shape index (κ3) is 2.61. The van der Waals surface area contributed by atoms with Crippen molar-refractivity contribution in [1.82, 2.24) is 35.1 Å². The van der Waals surface area contributed by atoms with Gasteiger partial charge < -0.3 is 14.3 Å². The lowest BCUT2D eigenvalue weighted by molar-refractivity contribution is 0.190. The lowest BCUT2D eigenvalue weighted by Crippen LogP contribution is -2.44. The first-order chi connectivity index (χ1) is 11.6. The minimum Gasteiger partial charge on any atom is -0.440 e. The van der Waals surface area contributed by atoms with Gasteiger partial charge >= 0.3 is 0 Å². The minimum absolute atomic E-state index is 0.0984. The van der Waals surface area contributed by atoms with E-state index in [0.717, 1.165) is 25.2 Å². The largest absolute Gasteiger partial charge is 0.440 e. The van der Waals surface area contributed by atoms with E-state index in [0.29, 0.717) is 29.1 Å². The van der Waals surface area contributed by atoms with Gasteiger partial charge in [0.15, 0.2) is 11.5 Å². The number of aryl methyl sites for hydroxylation is 2. The zero-order valence-electron chi connectivity index (χ0n) is 13.9. The van der Waals surface area contributed by atoms with Crippen molar-refractivity contribution in [2.75, 3.05) is 26.7 Å². The molecule has 0 aliphatic carbocycles. The van der Waals surface area contributed by atoms with Crippen LogP contribution in [0.5, 0.6) is 0 Å². The molecule has 0 spiro atoms. The van der Waals surface area contributed by atoms with Gasteiger partial charge in [0.05, 0.1) is 17.8 Å². The zero-order valence-corrected chi connectivity index (χ0v) is 13.9. The van der Waals surface area contributed by atoms with E-state index in [1.807, 2.05) is 20.2 Å². The maximum absolute atomic E-state index is 5.73. The number of oxazole rings is 1. The van der Waals surface area contributed by atoms with Gasteiger partial charge in [-0.3, -0.25) is 9.58 Å². The van der Waals surface area contributed by atoms with Gasteiger partial charge in [-0.2, -0.15) is 10.1 Å². The average Bonchev–Trinajstić information content (AvgIpc) is 3.27. The third-order valence-electron chi connectivity index (χ3n) is 4.20. The van der Waals surface area contributed by atoms with Gasteiger partial charge in [0, 0.05) is 32.9 Å². The fraction of sp³-hybridized carbons (Fsp3) is 0.467. The van der Waals surface area contributed by atoms with E-state index < -0.39 is 0 Å². The molecule has 1 aliphatic rings. The normalized spacial score (nSPS) is 19.0. The molecule has 1 N–H and O–H groups in total. The lowest BCUT2D eigenvalue weighted by atomic mass is 10.2. The molecule has 0 radical (unpaired) electrons. The number of hydrogen-bond acceptors (Lipinski definition) is 8. The maximum Gasteiger partial charge on any atom is 0.280 e. The number of aromatic nitrogens is 5. The van der Waals surface area contributed by atoms with Crippen LogP contribution >= 0.6 is 0 Å². The number of piperazine rings is 1. The first kappa shape index (κ1) is 15.0. The molecule has 1 atom stereocenters. The standard InChI is InChI=1S/C15H19N7O2/c1-9-12(18-14(23-9)10-6-17-22(3)8-10)15-19-13(20-24-15)11-7-16-4-5-21(11)2/h6,8,11,16H,4-5,7H2,1-3H3. The van der Waals surface area contributed by atoms with Gasteiger partial charge in [-0.1, -0.05) is 5.16 Å². The Balaban J connectivity index is 1.64. The molecule has 1 aliphatic heterocycles. The Morgan fingerprint density at radius 2 is 2.12 bits per heavy atom. The van der Waals surface area contributed by atoms with Crippen molar-refractivity contribution in [1.29, 1.82) is 0 Å². The van der Waals surface area contributed by atoms with Crippen LogP contribution in [0.3, 0.4) is 0 Å². The molecule has 4 heterocycles. The van der Waals surface area contributed by atoms with Crippen LogP contribution in [0.1, 0.15) is 17.6 Å². The van der Waals surface area contributed by atoms with Crippen molar-refractivity contribution >= 4 is 0 Å². The third-order valence-corrected chi connectivity index (χ3v) is 4.20. The maximum atomic E-state index is 5.73. The summed E-state index contributed by atoms with van der Waals surface area (Å²) in [6.07, 6.45) is 3.55. The summed E-state index contributed by atoms with van der Waals surface area (Å²) in [5.74, 6) is 2.16. The van der Waals surface area contributed by atoms with Crippen LogP contribution < -0.4 is 5.32 Å². The molecule has 1 saturated heterocycles. The summed E-state index contributed by atoms with van der Waals surface area (Å²) in [6.45, 7) is 4.55. The van der Waals surface area contributed by atoms with E-state index in [1.165, 1.54) is 0 Å². The summed E-state index contributed by atoms with van der Waals surface area (Å²) < 4.78 is 12.9. The number of nitrogens with zero attached hydrogens (tertiary/aromatic N) is 6. The molecule has 0 saturated carbocycles. The molecule has 1 fully saturated rings. The van der Waals surface area contributed by atoms with Crippen LogP contribution in [-0.2, 0) is 7.05 Å². The van der Waals surface area contributed by atoms with Gasteiger partial charge in [-0.25, -0.2) is 4.98 Å². The van der Waals surface area contributed by atoms with Crippen LogP contribution in [0.15, 0.2) is 21.3 Å². The van der Waals surface area contributed by atoms with E-state index in [2.05, 4.69) is 37.5 Å². The Bertz CT molecular complexity index is 850. The molecule has 24 heavy (non-hydrogen) atoms. The monoisotopic (exact) mass is 329 g/mol. The smallest absolute Gasteiger partial charge is 0.280 e. The number of likely N-dealkylation sites (N-methyl/N-ethyl adjacent to an activating group) is 1. The second-order valence-electron chi connectivity index (χ2n) is 5.98. The van der Waals surface area contributed by atoms with E-state index in [1.54, 1.807) is 10.9 Å². The Hall–Kier alpha value is -2.52. The van der Waals surface area contributed by atoms with Crippen LogP contribution in [0.4, 0.5) is 0 Å². The van der Waals surface area contributed by atoms with Crippen molar-refractivity contribution in [3.8, 4) is 23.0 Å². The average molecular weight is 329 g/mol. The minimum atomic E-state index is 0.0984. The number of hydrogen-bond donors (Lipinski definition) is 1. The predicted octanol–water partition coefficient (Wildman–Crippen LogP) is 1.01. The molecule has 0 amide bonds. The number of nitrogens with one attached hydrogen (secondary N) is 1. The molecule has 4 rings (SSSR count). The Morgan fingerprint density at radius 3 is 2.88 bits per heavy atom. The molecular formula is C15H19N7O2. The van der Waals surface area contributed by atoms with E-state index >= 15 is 0 Å². The summed E-state index contributed by atoms with van der Waals surface area (Å²) >= 11 is 0. The Morgan fingerprint density at radius 1 is 1.25 bits per heavy atom. The van der Waals surface area contributed by atoms with Crippen molar-refractivity contribution in [3.05, 3.63) is 24.0 Å². The second-order valence-corrected chi connectivity index (χ2v) is 5.98. The van der Waals surface area contributed by atoms with E-state index in [9.17, 15) is 0 Å². The Labute approximate surface area is 138 Å². The highest BCUT2D eigenvalue weighted by atomic mass is 16.5. The SMILES string of the molecule is Cc1oc(-c2cnn(C)c2)nc1-c1nc(C2CNCCN2C)no1. The fourth-order valence-electron chi connectivity index (χ4n) is 2.81. The highest BCUT2D eigenvalue weighted by Gasteiger charge is 2.27. The molecule has 1 unspecified atom stereocenters. The van der Waals surface area contributed by atoms with Crippen molar-refractivity contribution in [2.24, 2.45) is 7.05 Å². The summed E-state index contributed by atoms with van der Waals surface area (Å²) in [5, 5.41) is 11.6. The molecule has 9 nitrogen and oxygen atoms in total. The quantitative estimate of drug-likeness (QED) is 0.760. The first-order valence-electron chi connectivity index (χ1n) is 7.83. The topological polar surface area (TPSA) is 98.0 Å². The summed E-state index contributed by atoms with van der Waals surface area (Å²) in [4.78, 5) is 11.2. The van der Waals surface area contributed by atoms with E-state index in [4.69, 9.17) is 8.94 Å². The van der Waals surface area contributed by atoms with Gasteiger partial charge in [0.25, 0.3) is 5.89 Å². The summed E-state index contributed by atoms with van der Waals surface area (Å²) in [5.41, 5.74) is 1.38. The van der Waals surface area contributed by atoms with Gasteiger partial charge in [0.2, 0.25) is 5.89 Å². The zero-order chi connectivity index (χ0) is 16.7. The molecule has 3 aromatic rings. The lowest BCUT2D eigenvalue weighted by Gasteiger charge is -2.30. The first-order valence-corrected chi connectivity index (χ1v) is 7.83. The number of rotatable bonds is 3. The molecule has 9 heteroatoms. The van der Waals surface area contributed by atoms with Gasteiger partial charge in [-0.15, -0.1) is 0 Å². The van der Waals surface area contributed by atoms with Crippen molar-refractivity contribution < 1.29 is 8.94 Å². The van der Waals surface area contributed by atoms with E-state index in [-0.39, 0.29) is 6.04 Å². The van der Waals surface area contributed by atoms with Gasteiger partial charge in [-0.05, 0) is 14.0 Å². The van der Waals surface area contributed by atoms with Gasteiger partial charge in [0.1, 0.15) is 5.76 Å². The highest BCUT2D eigenvalue weighted by Crippen LogP contribution is 2.28. The van der Waals surface area contributed by atoms with Crippen LogP contribution in [0, 0.1) is 6.92 Å². The summed E-state index contributed by atoms with van der Waals surface area (Å²) in [7, 11) is 3.91. The molecule has 3 aromatic heterocycles. The summed E-state index contributed by atoms with van der Waals surface area (Å²) in [6, 6.07) is 0.0984.